The number of hydrogen-bond donors (Lipinski definition) is 3. The van der Waals surface area contributed by atoms with Gasteiger partial charge >= 0.3 is 34.3 Å². The van der Waals surface area contributed by atoms with Crippen LogP contribution in [0.1, 0.15) is 19.3 Å². The molecule has 15 heavy (non-hydrogen) atoms. The predicted octanol–water partition coefficient (Wildman–Crippen LogP) is 0.228. The maximum atomic E-state index is 10.5. The van der Waals surface area contributed by atoms with Crippen LogP contribution in [0, 0.1) is 12.3 Å². The van der Waals surface area contributed by atoms with E-state index >= 15 is 0 Å². The van der Waals surface area contributed by atoms with Gasteiger partial charge in [0.25, 0.3) is 0 Å². The molecule has 0 radical (unpaired) electrons. The summed E-state index contributed by atoms with van der Waals surface area (Å²) < 4.78 is 0. The van der Waals surface area contributed by atoms with Crippen LogP contribution in [0.2, 0.25) is 0 Å². The van der Waals surface area contributed by atoms with Crippen molar-refractivity contribution in [2.45, 2.75) is 19.3 Å². The van der Waals surface area contributed by atoms with E-state index in [0.717, 1.165) is 6.42 Å². The molecule has 0 rings (SSSR count). The van der Waals surface area contributed by atoms with Crippen molar-refractivity contribution < 1.29 is 52.1 Å². The summed E-state index contributed by atoms with van der Waals surface area (Å²) in [4.78, 5) is 30.8. The minimum atomic E-state index is -1.20. The summed E-state index contributed by atoms with van der Waals surface area (Å²) in [7, 11) is 0. The van der Waals surface area contributed by atoms with Crippen LogP contribution in [0.3, 0.4) is 0 Å². The van der Waals surface area contributed by atoms with Crippen molar-refractivity contribution in [2.24, 2.45) is 5.92 Å². The minimum Gasteiger partial charge on any atom is -0.503 e. The van der Waals surface area contributed by atoms with E-state index in [0.29, 0.717) is 0 Å². The fraction of sp³-hybridized carbons (Fsp3) is 0.500. The Morgan fingerprint density at radius 1 is 1.13 bits per heavy atom. The van der Waals surface area contributed by atoms with E-state index in [1.165, 1.54) is 0 Å². The molecule has 90 valence electrons. The van der Waals surface area contributed by atoms with Gasteiger partial charge in [-0.3, -0.25) is 20.8 Å². The Labute approximate surface area is 102 Å². The molecule has 0 heterocycles. The molecule has 0 aliphatic carbocycles. The molecule has 3 N–H and O–H groups in total. The summed E-state index contributed by atoms with van der Waals surface area (Å²) in [5, 5.41) is 25.2. The first-order chi connectivity index (χ1) is 6.43. The van der Waals surface area contributed by atoms with Crippen molar-refractivity contribution in [1.29, 1.82) is 0 Å². The molecule has 7 heteroatoms. The third-order valence-electron chi connectivity index (χ3n) is 1.63. The first kappa shape index (κ1) is 16.5. The van der Waals surface area contributed by atoms with Crippen LogP contribution in [0.25, 0.3) is 0 Å². The number of aliphatic carboxylic acids is 3. The number of hydrogen-bond acceptors (Lipinski definition) is 3. The Kier molecular flexibility index (Phi) is 9.14. The van der Waals surface area contributed by atoms with Crippen LogP contribution < -0.4 is 0 Å². The summed E-state index contributed by atoms with van der Waals surface area (Å²) >= 11 is 0. The molecule has 0 spiro atoms. The van der Waals surface area contributed by atoms with Crippen molar-refractivity contribution in [3.8, 4) is 0 Å². The molecular formula is C8H11AgO6. The molecule has 0 aromatic heterocycles. The van der Waals surface area contributed by atoms with Gasteiger partial charge in [0.15, 0.2) is 5.97 Å². The predicted molar refractivity (Wildman–Crippen MR) is 44.5 cm³/mol. The Hall–Kier alpha value is -0.980. The van der Waals surface area contributed by atoms with Crippen LogP contribution >= 0.6 is 0 Å². The van der Waals surface area contributed by atoms with E-state index in [9.17, 15) is 14.4 Å². The zero-order chi connectivity index (χ0) is 11.1. The van der Waals surface area contributed by atoms with Crippen molar-refractivity contribution in [2.75, 3.05) is 0 Å². The van der Waals surface area contributed by atoms with E-state index in [4.69, 9.17) is 15.3 Å². The molecule has 1 unspecified atom stereocenters. The Balaban J connectivity index is 0. The van der Waals surface area contributed by atoms with E-state index in [-0.39, 0.29) is 41.6 Å². The molecule has 0 aliphatic heterocycles. The number of rotatable bonds is 7. The van der Waals surface area contributed by atoms with Crippen molar-refractivity contribution in [3.05, 3.63) is 6.42 Å². The fourth-order valence-corrected chi connectivity index (χ4v) is 0.883. The van der Waals surface area contributed by atoms with Gasteiger partial charge in [0, 0.05) is 12.3 Å². The molecule has 0 amide bonds. The zero-order valence-corrected chi connectivity index (χ0v) is 9.13. The molecule has 0 bridgehead atoms. The molecule has 1 atom stereocenters. The summed E-state index contributed by atoms with van der Waals surface area (Å²) in [6.45, 7) is 0. The fourth-order valence-electron chi connectivity index (χ4n) is 0.883. The number of carboxylic acids is 3. The number of carboxylic acid groups (broad SMARTS) is 3. The van der Waals surface area contributed by atoms with Crippen LogP contribution in [-0.4, -0.2) is 33.2 Å². The molecule has 0 fully saturated rings. The quantitative estimate of drug-likeness (QED) is 0.458. The molecular weight excluding hydrogens is 300 g/mol. The van der Waals surface area contributed by atoms with Crippen molar-refractivity contribution in [1.82, 2.24) is 0 Å². The standard InChI is InChI=1S/C8H11O6.Ag/c9-6(10)3-1-5(8(13)14)2-4-7(11)12;/h3,5H,1-2,4H2,(H,9,10)(H,11,12)(H,13,14);/q-1;+1. The Bertz CT molecular complexity index is 221. The van der Waals surface area contributed by atoms with E-state index in [1.54, 1.807) is 0 Å². The van der Waals surface area contributed by atoms with Gasteiger partial charge in [0.2, 0.25) is 0 Å². The first-order valence-electron chi connectivity index (χ1n) is 3.94. The smallest absolute Gasteiger partial charge is 0.503 e. The topological polar surface area (TPSA) is 112 Å². The molecule has 0 aromatic carbocycles. The second kappa shape index (κ2) is 8.34. The van der Waals surface area contributed by atoms with Crippen molar-refractivity contribution in [3.63, 3.8) is 0 Å². The SMILES string of the molecule is O=C(O)[CH-]CC(CCC(=O)O)C(=O)O.[Ag+]. The maximum Gasteiger partial charge on any atom is 1.00 e. The van der Waals surface area contributed by atoms with Gasteiger partial charge in [-0.1, -0.05) is 0 Å². The van der Waals surface area contributed by atoms with E-state index in [1.807, 2.05) is 0 Å². The summed E-state index contributed by atoms with van der Waals surface area (Å²) in [5.41, 5.74) is 0. The number of carbonyl (C=O) groups is 3. The summed E-state index contributed by atoms with van der Waals surface area (Å²) in [6.07, 6.45) is 0.331. The monoisotopic (exact) mass is 310 g/mol. The van der Waals surface area contributed by atoms with Crippen LogP contribution in [0.5, 0.6) is 0 Å². The second-order valence-electron chi connectivity index (χ2n) is 2.75. The molecule has 0 saturated carbocycles. The normalized spacial score (nSPS) is 10.9. The van der Waals surface area contributed by atoms with Gasteiger partial charge in [-0.05, 0) is 6.42 Å². The Morgan fingerprint density at radius 3 is 2.00 bits per heavy atom. The minimum absolute atomic E-state index is 0. The van der Waals surface area contributed by atoms with Gasteiger partial charge in [-0.25, -0.2) is 0 Å². The zero-order valence-electron chi connectivity index (χ0n) is 7.64. The van der Waals surface area contributed by atoms with Crippen LogP contribution in [-0.2, 0) is 36.8 Å². The Morgan fingerprint density at radius 2 is 1.67 bits per heavy atom. The van der Waals surface area contributed by atoms with Crippen molar-refractivity contribution >= 4 is 17.9 Å². The molecule has 0 aromatic rings. The van der Waals surface area contributed by atoms with Crippen LogP contribution in [0.4, 0.5) is 0 Å². The maximum absolute atomic E-state index is 10.5. The van der Waals surface area contributed by atoms with Gasteiger partial charge in [0.1, 0.15) is 0 Å². The largest absolute Gasteiger partial charge is 1.00 e. The third kappa shape index (κ3) is 9.33. The summed E-state index contributed by atoms with van der Waals surface area (Å²) in [5.74, 6) is -4.41. The average molecular weight is 311 g/mol. The molecule has 6 nitrogen and oxygen atoms in total. The second-order valence-corrected chi connectivity index (χ2v) is 2.75. The van der Waals surface area contributed by atoms with Crippen LogP contribution in [0.15, 0.2) is 0 Å². The van der Waals surface area contributed by atoms with E-state index < -0.39 is 23.8 Å². The third-order valence-corrected chi connectivity index (χ3v) is 1.63. The molecule has 0 saturated heterocycles. The van der Waals surface area contributed by atoms with Gasteiger partial charge in [-0.15, -0.1) is 6.42 Å². The van der Waals surface area contributed by atoms with Gasteiger partial charge in [0.05, 0.1) is 0 Å². The van der Waals surface area contributed by atoms with Gasteiger partial charge in [-0.2, -0.15) is 0 Å². The molecule has 0 aliphatic rings. The van der Waals surface area contributed by atoms with E-state index in [2.05, 4.69) is 0 Å². The first-order valence-corrected chi connectivity index (χ1v) is 3.94. The van der Waals surface area contributed by atoms with Gasteiger partial charge < -0.3 is 15.3 Å². The average Bonchev–Trinajstić information content (AvgIpc) is 2.02. The summed E-state index contributed by atoms with van der Waals surface area (Å²) in [6, 6.07) is 0.